The minimum Gasteiger partial charge on any atom is -0.481 e. The normalized spacial score (nSPS) is 18.8. The van der Waals surface area contributed by atoms with Crippen molar-refractivity contribution in [3.63, 3.8) is 0 Å². The predicted octanol–water partition coefficient (Wildman–Crippen LogP) is 4.76. The molecule has 0 bridgehead atoms. The quantitative estimate of drug-likeness (QED) is 0.651. The number of amides is 1. The summed E-state index contributed by atoms with van der Waals surface area (Å²) in [5.74, 6) is -1.34. The summed E-state index contributed by atoms with van der Waals surface area (Å²) in [4.78, 5) is 26.2. The Morgan fingerprint density at radius 3 is 2.44 bits per heavy atom. The Kier molecular flexibility index (Phi) is 7.40. The molecule has 1 saturated heterocycles. The first-order valence-electron chi connectivity index (χ1n) is 10.7. The monoisotopic (exact) mass is 441 g/mol. The minimum atomic E-state index is -0.937. The summed E-state index contributed by atoms with van der Waals surface area (Å²) < 4.78 is 16.2. The van der Waals surface area contributed by atoms with E-state index in [1.165, 1.54) is 4.90 Å². The van der Waals surface area contributed by atoms with Crippen molar-refractivity contribution >= 4 is 12.1 Å². The average Bonchev–Trinajstić information content (AvgIpc) is 2.76. The van der Waals surface area contributed by atoms with Crippen molar-refractivity contribution < 1.29 is 28.9 Å². The van der Waals surface area contributed by atoms with Gasteiger partial charge in [0.1, 0.15) is 11.4 Å². The number of methoxy groups -OCH3 is 1. The molecule has 0 saturated carbocycles. The van der Waals surface area contributed by atoms with E-state index in [9.17, 15) is 14.7 Å². The van der Waals surface area contributed by atoms with Crippen LogP contribution in [0, 0.1) is 5.92 Å². The molecule has 1 amide bonds. The molecule has 1 fully saturated rings. The second kappa shape index (κ2) is 10.0. The Morgan fingerprint density at radius 2 is 1.81 bits per heavy atom. The number of carbonyl (C=O) groups is 2. The van der Waals surface area contributed by atoms with Crippen molar-refractivity contribution in [1.82, 2.24) is 4.90 Å². The summed E-state index contributed by atoms with van der Waals surface area (Å²) in [6.45, 7) is 6.00. The molecule has 0 aromatic heterocycles. The average molecular weight is 442 g/mol. The summed E-state index contributed by atoms with van der Waals surface area (Å²) in [6, 6.07) is 15.7. The number of piperidine rings is 1. The summed E-state index contributed by atoms with van der Waals surface area (Å²) in [6.07, 6.45) is 0.0300. The van der Waals surface area contributed by atoms with Gasteiger partial charge in [-0.1, -0.05) is 36.4 Å². The number of nitrogens with zero attached hydrogens (tertiary/aromatic N) is 1. The molecule has 32 heavy (non-hydrogen) atoms. The van der Waals surface area contributed by atoms with Crippen LogP contribution in [-0.2, 0) is 14.3 Å². The van der Waals surface area contributed by atoms with Gasteiger partial charge in [0.15, 0.2) is 6.79 Å². The molecule has 1 aliphatic heterocycles. The predicted molar refractivity (Wildman–Crippen MR) is 121 cm³/mol. The first kappa shape index (κ1) is 23.6. The van der Waals surface area contributed by atoms with Crippen LogP contribution < -0.4 is 4.74 Å². The number of ether oxygens (including phenoxy) is 3. The molecule has 2 aromatic carbocycles. The Bertz CT molecular complexity index is 937. The van der Waals surface area contributed by atoms with Gasteiger partial charge >= 0.3 is 12.1 Å². The van der Waals surface area contributed by atoms with E-state index in [-0.39, 0.29) is 19.3 Å². The van der Waals surface area contributed by atoms with Crippen molar-refractivity contribution in [1.29, 1.82) is 0 Å². The highest BCUT2D eigenvalue weighted by molar-refractivity contribution is 5.75. The molecule has 1 aliphatic rings. The van der Waals surface area contributed by atoms with Crippen molar-refractivity contribution in [2.24, 2.45) is 5.92 Å². The third-order valence-corrected chi connectivity index (χ3v) is 5.39. The highest BCUT2D eigenvalue weighted by Gasteiger charge is 2.38. The molecule has 7 nitrogen and oxygen atoms in total. The van der Waals surface area contributed by atoms with E-state index >= 15 is 0 Å². The lowest BCUT2D eigenvalue weighted by molar-refractivity contribution is -0.144. The number of carboxylic acids is 1. The van der Waals surface area contributed by atoms with Crippen LogP contribution in [0.25, 0.3) is 11.1 Å². The number of benzene rings is 2. The van der Waals surface area contributed by atoms with Crippen molar-refractivity contribution in [2.45, 2.75) is 38.7 Å². The Morgan fingerprint density at radius 1 is 1.09 bits per heavy atom. The summed E-state index contributed by atoms with van der Waals surface area (Å²) in [7, 11) is 1.55. The SMILES string of the molecule is COCOc1cc(-c2ccccc2)cc([C@H]2CCN(C(=O)OC(C)(C)C)CC2C(=O)O)c1. The standard InChI is InChI=1S/C25H31NO6/c1-25(2,3)32-24(29)26-11-10-21(22(15-26)23(27)28)19-12-18(17-8-6-5-7-9-17)13-20(14-19)31-16-30-4/h5-9,12-14,21-22H,10-11,15-16H2,1-4H3,(H,27,28)/t21-,22?/m1/s1. The van der Waals surface area contributed by atoms with E-state index < -0.39 is 23.6 Å². The second-order valence-electron chi connectivity index (χ2n) is 8.97. The fraction of sp³-hybridized carbons (Fsp3) is 0.440. The lowest BCUT2D eigenvalue weighted by atomic mass is 9.79. The van der Waals surface area contributed by atoms with E-state index in [1.54, 1.807) is 27.9 Å². The zero-order valence-electron chi connectivity index (χ0n) is 19.0. The third-order valence-electron chi connectivity index (χ3n) is 5.39. The molecule has 172 valence electrons. The molecule has 1 N–H and O–H groups in total. The van der Waals surface area contributed by atoms with Crippen molar-refractivity contribution in [3.05, 3.63) is 54.1 Å². The van der Waals surface area contributed by atoms with E-state index in [1.807, 2.05) is 48.5 Å². The Labute approximate surface area is 188 Å². The second-order valence-corrected chi connectivity index (χ2v) is 8.97. The fourth-order valence-corrected chi connectivity index (χ4v) is 3.94. The van der Waals surface area contributed by atoms with E-state index in [0.29, 0.717) is 18.7 Å². The molecule has 2 aromatic rings. The van der Waals surface area contributed by atoms with Gasteiger partial charge in [0.2, 0.25) is 0 Å². The maximum absolute atomic E-state index is 12.5. The Balaban J connectivity index is 1.91. The lowest BCUT2D eigenvalue weighted by Crippen LogP contribution is -2.47. The van der Waals surface area contributed by atoms with Crippen LogP contribution in [0.5, 0.6) is 5.75 Å². The third kappa shape index (κ3) is 6.01. The van der Waals surface area contributed by atoms with Crippen molar-refractivity contribution in [2.75, 3.05) is 27.0 Å². The topological polar surface area (TPSA) is 85.3 Å². The molecule has 3 rings (SSSR count). The molecular formula is C25H31NO6. The molecule has 2 atom stereocenters. The molecule has 1 heterocycles. The summed E-state index contributed by atoms with van der Waals surface area (Å²) >= 11 is 0. The van der Waals surface area contributed by atoms with E-state index in [0.717, 1.165) is 16.7 Å². The Hall–Kier alpha value is -3.06. The minimum absolute atomic E-state index is 0.0944. The van der Waals surface area contributed by atoms with Crippen LogP contribution in [0.15, 0.2) is 48.5 Å². The van der Waals surface area contributed by atoms with Gasteiger partial charge in [0.05, 0.1) is 5.92 Å². The summed E-state index contributed by atoms with van der Waals surface area (Å²) in [5.41, 5.74) is 2.18. The molecule has 0 aliphatic carbocycles. The van der Waals surface area contributed by atoms with Crippen LogP contribution in [0.2, 0.25) is 0 Å². The smallest absolute Gasteiger partial charge is 0.410 e. The zero-order valence-corrected chi connectivity index (χ0v) is 19.0. The number of rotatable bonds is 6. The molecule has 1 unspecified atom stereocenters. The number of likely N-dealkylation sites (tertiary alicyclic amines) is 1. The molecular weight excluding hydrogens is 410 g/mol. The molecule has 7 heteroatoms. The highest BCUT2D eigenvalue weighted by atomic mass is 16.7. The van der Waals surface area contributed by atoms with Crippen LogP contribution in [0.1, 0.15) is 38.7 Å². The number of carbonyl (C=O) groups excluding carboxylic acids is 1. The van der Waals surface area contributed by atoms with Gasteiger partial charge < -0.3 is 24.2 Å². The number of hydrogen-bond acceptors (Lipinski definition) is 5. The first-order chi connectivity index (χ1) is 15.2. The zero-order chi connectivity index (χ0) is 23.3. The summed E-state index contributed by atoms with van der Waals surface area (Å²) in [5, 5.41) is 9.97. The van der Waals surface area contributed by atoms with Crippen LogP contribution >= 0.6 is 0 Å². The van der Waals surface area contributed by atoms with Gasteiger partial charge in [-0.25, -0.2) is 4.79 Å². The maximum Gasteiger partial charge on any atom is 0.410 e. The fourth-order valence-electron chi connectivity index (χ4n) is 3.94. The number of carboxylic acid groups (broad SMARTS) is 1. The van der Waals surface area contributed by atoms with E-state index in [4.69, 9.17) is 14.2 Å². The van der Waals surface area contributed by atoms with Crippen LogP contribution in [-0.4, -0.2) is 54.7 Å². The van der Waals surface area contributed by atoms with E-state index in [2.05, 4.69) is 0 Å². The van der Waals surface area contributed by atoms with Gasteiger partial charge in [0.25, 0.3) is 0 Å². The van der Waals surface area contributed by atoms with Gasteiger partial charge in [-0.3, -0.25) is 4.79 Å². The largest absolute Gasteiger partial charge is 0.481 e. The number of aliphatic carboxylic acids is 1. The van der Waals surface area contributed by atoms with Gasteiger partial charge in [-0.2, -0.15) is 0 Å². The first-order valence-corrected chi connectivity index (χ1v) is 10.7. The van der Waals surface area contributed by atoms with Gasteiger partial charge in [0, 0.05) is 26.1 Å². The maximum atomic E-state index is 12.5. The lowest BCUT2D eigenvalue weighted by Gasteiger charge is -2.37. The van der Waals surface area contributed by atoms with Crippen molar-refractivity contribution in [3.8, 4) is 16.9 Å². The van der Waals surface area contributed by atoms with Gasteiger partial charge in [-0.15, -0.1) is 0 Å². The van der Waals surface area contributed by atoms with Gasteiger partial charge in [-0.05, 0) is 56.0 Å². The number of hydrogen-bond donors (Lipinski definition) is 1. The van der Waals surface area contributed by atoms with Crippen LogP contribution in [0.4, 0.5) is 4.79 Å². The van der Waals surface area contributed by atoms with Crippen LogP contribution in [0.3, 0.4) is 0 Å². The highest BCUT2D eigenvalue weighted by Crippen LogP contribution is 2.38. The molecule has 0 radical (unpaired) electrons. The molecule has 0 spiro atoms.